The van der Waals surface area contributed by atoms with E-state index in [0.29, 0.717) is 5.56 Å². The van der Waals surface area contributed by atoms with Crippen LogP contribution < -0.4 is 5.43 Å². The highest BCUT2D eigenvalue weighted by Crippen LogP contribution is 2.24. The zero-order valence-electron chi connectivity index (χ0n) is 13.6. The summed E-state index contributed by atoms with van der Waals surface area (Å²) in [4.78, 5) is 16.4. The fourth-order valence-electron chi connectivity index (χ4n) is 2.19. The van der Waals surface area contributed by atoms with Crippen LogP contribution in [0.1, 0.15) is 28.5 Å². The molecule has 0 bridgehead atoms. The average Bonchev–Trinajstić information content (AvgIpc) is 3.13. The van der Waals surface area contributed by atoms with E-state index >= 15 is 0 Å². The second-order valence-electron chi connectivity index (χ2n) is 5.31. The molecule has 0 aliphatic carbocycles. The summed E-state index contributed by atoms with van der Waals surface area (Å²) in [6.45, 7) is 2.10. The van der Waals surface area contributed by atoms with Crippen molar-refractivity contribution in [3.8, 4) is 10.6 Å². The van der Waals surface area contributed by atoms with E-state index < -0.39 is 11.7 Å². The third-order valence-corrected chi connectivity index (χ3v) is 4.51. The molecule has 1 amide bonds. The lowest BCUT2D eigenvalue weighted by molar-refractivity contribution is 0.0951. The van der Waals surface area contributed by atoms with Crippen molar-refractivity contribution in [2.24, 2.45) is 5.10 Å². The van der Waals surface area contributed by atoms with Crippen LogP contribution in [0.2, 0.25) is 0 Å². The Hall–Kier alpha value is -2.86. The van der Waals surface area contributed by atoms with Gasteiger partial charge in [0.15, 0.2) is 0 Å². The molecule has 0 spiro atoms. The summed E-state index contributed by atoms with van der Waals surface area (Å²) in [5.74, 6) is -0.827. The van der Waals surface area contributed by atoms with Gasteiger partial charge in [-0.1, -0.05) is 49.4 Å². The van der Waals surface area contributed by atoms with Crippen molar-refractivity contribution in [3.05, 3.63) is 76.5 Å². The van der Waals surface area contributed by atoms with Crippen LogP contribution in [0.3, 0.4) is 0 Å². The predicted octanol–water partition coefficient (Wildman–Crippen LogP) is 4.28. The van der Waals surface area contributed by atoms with E-state index in [1.165, 1.54) is 29.2 Å². The fourth-order valence-corrected chi connectivity index (χ4v) is 3.00. The summed E-state index contributed by atoms with van der Waals surface area (Å²) in [5, 5.41) is 6.23. The van der Waals surface area contributed by atoms with Gasteiger partial charge in [0, 0.05) is 16.5 Å². The Balaban J connectivity index is 1.67. The van der Waals surface area contributed by atoms with E-state index in [-0.39, 0.29) is 5.69 Å². The van der Waals surface area contributed by atoms with E-state index in [1.807, 2.05) is 12.1 Å². The largest absolute Gasteiger partial charge is 0.290 e. The summed E-state index contributed by atoms with van der Waals surface area (Å²) >= 11 is 1.39. The van der Waals surface area contributed by atoms with Crippen LogP contribution in [-0.2, 0) is 6.42 Å². The summed E-state index contributed by atoms with van der Waals surface area (Å²) in [6.07, 6.45) is 2.25. The number of amides is 1. The highest BCUT2D eigenvalue weighted by atomic mass is 32.1. The summed E-state index contributed by atoms with van der Waals surface area (Å²) in [7, 11) is 0. The number of nitrogens with one attached hydrogen (secondary N) is 1. The molecule has 25 heavy (non-hydrogen) atoms. The second-order valence-corrected chi connectivity index (χ2v) is 6.17. The number of nitrogens with zero attached hydrogens (tertiary/aromatic N) is 2. The zero-order chi connectivity index (χ0) is 17.6. The van der Waals surface area contributed by atoms with E-state index in [2.05, 4.69) is 34.6 Å². The number of carbonyl (C=O) groups excluding carboxylic acids is 1. The quantitative estimate of drug-likeness (QED) is 0.550. The van der Waals surface area contributed by atoms with Crippen LogP contribution in [0.4, 0.5) is 4.39 Å². The Morgan fingerprint density at radius 1 is 1.24 bits per heavy atom. The van der Waals surface area contributed by atoms with Crippen molar-refractivity contribution < 1.29 is 9.18 Å². The summed E-state index contributed by atoms with van der Waals surface area (Å²) in [6, 6.07) is 14.3. The summed E-state index contributed by atoms with van der Waals surface area (Å²) < 4.78 is 13.5. The van der Waals surface area contributed by atoms with Gasteiger partial charge in [-0.2, -0.15) is 5.10 Å². The maximum atomic E-state index is 13.5. The van der Waals surface area contributed by atoms with Crippen LogP contribution >= 0.6 is 11.3 Å². The number of carbonyl (C=O) groups is 1. The molecule has 0 radical (unpaired) electrons. The highest BCUT2D eigenvalue weighted by molar-refractivity contribution is 7.13. The number of hydrazone groups is 1. The Morgan fingerprint density at radius 3 is 2.72 bits per heavy atom. The van der Waals surface area contributed by atoms with Crippen LogP contribution in [0, 0.1) is 5.82 Å². The maximum absolute atomic E-state index is 13.5. The topological polar surface area (TPSA) is 54.4 Å². The number of aromatic nitrogens is 1. The van der Waals surface area contributed by atoms with Gasteiger partial charge in [0.1, 0.15) is 16.5 Å². The minimum absolute atomic E-state index is 0.283. The number of hydrogen-bond donors (Lipinski definition) is 1. The van der Waals surface area contributed by atoms with Gasteiger partial charge in [-0.05, 0) is 18.1 Å². The molecule has 0 atom stereocenters. The smallest absolute Gasteiger partial charge is 0.266 e. The molecular formula is C19H16FN3OS. The van der Waals surface area contributed by atoms with Crippen LogP contribution in [0.5, 0.6) is 0 Å². The number of aryl methyl sites for hydroxylation is 1. The van der Waals surface area contributed by atoms with Gasteiger partial charge in [0.2, 0.25) is 0 Å². The lowest BCUT2D eigenvalue weighted by atomic mass is 10.1. The Labute approximate surface area is 149 Å². The van der Waals surface area contributed by atoms with Crippen molar-refractivity contribution in [1.82, 2.24) is 10.4 Å². The first-order chi connectivity index (χ1) is 12.2. The molecule has 3 aromatic rings. The molecular weight excluding hydrogens is 337 g/mol. The van der Waals surface area contributed by atoms with E-state index in [0.717, 1.165) is 17.0 Å². The predicted molar refractivity (Wildman–Crippen MR) is 98.4 cm³/mol. The molecule has 0 fully saturated rings. The standard InChI is InChI=1S/C19H16FN3OS/c1-2-13-7-9-14(10-8-13)19-22-17(12-25-19)18(24)23-21-11-15-5-3-4-6-16(15)20/h3-12H,2H2,1H3,(H,23,24)/b21-11-. The molecule has 1 N–H and O–H groups in total. The fraction of sp³-hybridized carbons (Fsp3) is 0.105. The van der Waals surface area contributed by atoms with Gasteiger partial charge in [-0.15, -0.1) is 11.3 Å². The van der Waals surface area contributed by atoms with E-state index in [9.17, 15) is 9.18 Å². The molecule has 6 heteroatoms. The van der Waals surface area contributed by atoms with Crippen LogP contribution in [-0.4, -0.2) is 17.1 Å². The zero-order valence-corrected chi connectivity index (χ0v) is 14.4. The van der Waals surface area contributed by atoms with Crippen molar-refractivity contribution in [2.45, 2.75) is 13.3 Å². The molecule has 3 rings (SSSR count). The normalized spacial score (nSPS) is 11.0. The number of thiazole rings is 1. The molecule has 4 nitrogen and oxygen atoms in total. The van der Waals surface area contributed by atoms with Gasteiger partial charge in [-0.25, -0.2) is 14.8 Å². The van der Waals surface area contributed by atoms with Gasteiger partial charge < -0.3 is 0 Å². The number of halogens is 1. The third-order valence-electron chi connectivity index (χ3n) is 3.62. The molecule has 0 unspecified atom stereocenters. The van der Waals surface area contributed by atoms with Crippen LogP contribution in [0.25, 0.3) is 10.6 Å². The lowest BCUT2D eigenvalue weighted by Gasteiger charge is -1.99. The summed E-state index contributed by atoms with van der Waals surface area (Å²) in [5.41, 5.74) is 5.17. The van der Waals surface area contributed by atoms with E-state index in [1.54, 1.807) is 23.6 Å². The average molecular weight is 353 g/mol. The molecule has 0 aliphatic heterocycles. The van der Waals surface area contributed by atoms with Crippen LogP contribution in [0.15, 0.2) is 59.0 Å². The molecule has 2 aromatic carbocycles. The highest BCUT2D eigenvalue weighted by Gasteiger charge is 2.11. The Kier molecular flexibility index (Phi) is 5.30. The van der Waals surface area contributed by atoms with Crippen molar-refractivity contribution in [1.29, 1.82) is 0 Å². The van der Waals surface area contributed by atoms with Crippen molar-refractivity contribution in [3.63, 3.8) is 0 Å². The molecule has 0 saturated carbocycles. The first kappa shape index (κ1) is 17.0. The van der Waals surface area contributed by atoms with Gasteiger partial charge in [0.05, 0.1) is 6.21 Å². The maximum Gasteiger partial charge on any atom is 0.290 e. The minimum Gasteiger partial charge on any atom is -0.266 e. The first-order valence-electron chi connectivity index (χ1n) is 7.80. The Morgan fingerprint density at radius 2 is 2.00 bits per heavy atom. The van der Waals surface area contributed by atoms with Crippen molar-refractivity contribution in [2.75, 3.05) is 0 Å². The Bertz CT molecular complexity index is 903. The first-order valence-corrected chi connectivity index (χ1v) is 8.68. The third kappa shape index (κ3) is 4.16. The van der Waals surface area contributed by atoms with Gasteiger partial charge in [0.25, 0.3) is 5.91 Å². The minimum atomic E-state index is -0.430. The monoisotopic (exact) mass is 353 g/mol. The van der Waals surface area contributed by atoms with E-state index in [4.69, 9.17) is 0 Å². The number of hydrogen-bond acceptors (Lipinski definition) is 4. The molecule has 1 heterocycles. The number of benzene rings is 2. The van der Waals surface area contributed by atoms with Gasteiger partial charge >= 0.3 is 0 Å². The SMILES string of the molecule is CCc1ccc(-c2nc(C(=O)N/N=C\c3ccccc3F)cs2)cc1. The second kappa shape index (κ2) is 7.81. The molecule has 0 aliphatic rings. The van der Waals surface area contributed by atoms with Crippen molar-refractivity contribution >= 4 is 23.5 Å². The molecule has 1 aromatic heterocycles. The molecule has 0 saturated heterocycles. The number of rotatable bonds is 5. The molecule has 126 valence electrons. The lowest BCUT2D eigenvalue weighted by Crippen LogP contribution is -2.18. The van der Waals surface area contributed by atoms with Gasteiger partial charge in [-0.3, -0.25) is 4.79 Å².